The lowest BCUT2D eigenvalue weighted by Gasteiger charge is -2.26. The smallest absolute Gasteiger partial charge is 0.177 e. The van der Waals surface area contributed by atoms with Gasteiger partial charge in [0.15, 0.2) is 5.78 Å². The quantitative estimate of drug-likeness (QED) is 0.804. The molecule has 1 aromatic carbocycles. The van der Waals surface area contributed by atoms with Crippen molar-refractivity contribution in [2.45, 2.75) is 20.3 Å². The van der Waals surface area contributed by atoms with Crippen molar-refractivity contribution in [2.24, 2.45) is 0 Å². The summed E-state index contributed by atoms with van der Waals surface area (Å²) in [5, 5.41) is 3.30. The van der Waals surface area contributed by atoms with Gasteiger partial charge in [0, 0.05) is 31.7 Å². The number of ketones is 1. The minimum absolute atomic E-state index is 0.215. The van der Waals surface area contributed by atoms with Gasteiger partial charge in [-0.15, -0.1) is 0 Å². The molecule has 2 rings (SSSR count). The molecule has 0 aromatic heterocycles. The number of rotatable bonds is 6. The number of benzene rings is 1. The maximum absolute atomic E-state index is 12.5. The molecule has 0 atom stereocenters. The van der Waals surface area contributed by atoms with Gasteiger partial charge in [-0.25, -0.2) is 0 Å². The average molecular weight is 276 g/mol. The number of piperazine rings is 1. The predicted octanol–water partition coefficient (Wildman–Crippen LogP) is 1.74. The van der Waals surface area contributed by atoms with E-state index < -0.39 is 0 Å². The Bertz CT molecular complexity index is 454. The zero-order chi connectivity index (χ0) is 14.4. The highest BCUT2D eigenvalue weighted by atomic mass is 16.5. The molecule has 1 N–H and O–H groups in total. The number of Topliss-reactive ketones (excluding diaryl/α,β-unsaturated/α-hetero) is 1. The fraction of sp³-hybridized carbons (Fsp3) is 0.562. The molecule has 0 aliphatic carbocycles. The number of hydrogen-bond donors (Lipinski definition) is 1. The van der Waals surface area contributed by atoms with Crippen molar-refractivity contribution in [3.63, 3.8) is 0 Å². The highest BCUT2D eigenvalue weighted by Gasteiger charge is 2.17. The van der Waals surface area contributed by atoms with Gasteiger partial charge in [0.2, 0.25) is 0 Å². The van der Waals surface area contributed by atoms with Gasteiger partial charge in [0.25, 0.3) is 0 Å². The highest BCUT2D eigenvalue weighted by molar-refractivity contribution is 5.99. The van der Waals surface area contributed by atoms with Crippen LogP contribution in [0.1, 0.15) is 29.8 Å². The third-order valence-corrected chi connectivity index (χ3v) is 3.65. The molecule has 4 nitrogen and oxygen atoms in total. The molecule has 0 amide bonds. The number of nitrogens with one attached hydrogen (secondary N) is 1. The molecule has 1 saturated heterocycles. The maximum Gasteiger partial charge on any atom is 0.177 e. The number of carbonyl (C=O) groups excluding carboxylic acids is 1. The van der Waals surface area contributed by atoms with Crippen LogP contribution in [0.25, 0.3) is 0 Å². The van der Waals surface area contributed by atoms with Crippen LogP contribution in [0.2, 0.25) is 0 Å². The van der Waals surface area contributed by atoms with Crippen LogP contribution in [-0.2, 0) is 6.42 Å². The summed E-state index contributed by atoms with van der Waals surface area (Å²) in [4.78, 5) is 14.7. The molecule has 0 bridgehead atoms. The van der Waals surface area contributed by atoms with Gasteiger partial charge in [-0.05, 0) is 37.1 Å². The fourth-order valence-corrected chi connectivity index (χ4v) is 2.55. The molecule has 0 unspecified atom stereocenters. The van der Waals surface area contributed by atoms with Crippen LogP contribution in [0.5, 0.6) is 5.75 Å². The van der Waals surface area contributed by atoms with Crippen LogP contribution in [0.15, 0.2) is 18.2 Å². The van der Waals surface area contributed by atoms with Crippen LogP contribution < -0.4 is 10.1 Å². The van der Waals surface area contributed by atoms with Gasteiger partial charge in [-0.1, -0.05) is 6.92 Å². The lowest BCUT2D eigenvalue weighted by molar-refractivity contribution is 0.0920. The van der Waals surface area contributed by atoms with E-state index in [4.69, 9.17) is 4.74 Å². The number of carbonyl (C=O) groups is 1. The summed E-state index contributed by atoms with van der Waals surface area (Å²) in [6.45, 7) is 9.05. The van der Waals surface area contributed by atoms with E-state index in [1.54, 1.807) is 0 Å². The standard InChI is InChI=1S/C16H24N2O2/c1-3-13-11-14(20-4-2)5-6-15(13)16(19)12-18-9-7-17-8-10-18/h5-6,11,17H,3-4,7-10,12H2,1-2H3. The molecule has 0 spiro atoms. The summed E-state index contributed by atoms with van der Waals surface area (Å²) in [6, 6.07) is 5.80. The second-order valence-electron chi connectivity index (χ2n) is 5.05. The number of ether oxygens (including phenoxy) is 1. The molecule has 1 fully saturated rings. The largest absolute Gasteiger partial charge is 0.494 e. The van der Waals surface area contributed by atoms with Gasteiger partial charge < -0.3 is 10.1 Å². The average Bonchev–Trinajstić information content (AvgIpc) is 2.48. The summed E-state index contributed by atoms with van der Waals surface area (Å²) in [6.07, 6.45) is 0.851. The van der Waals surface area contributed by atoms with Gasteiger partial charge in [-0.3, -0.25) is 9.69 Å². The Kier molecular flexibility index (Phi) is 5.56. The van der Waals surface area contributed by atoms with Crippen LogP contribution in [0, 0.1) is 0 Å². The van der Waals surface area contributed by atoms with Crippen LogP contribution in [0.3, 0.4) is 0 Å². The molecule has 1 aromatic rings. The summed E-state index contributed by atoms with van der Waals surface area (Å²) in [5.41, 5.74) is 1.92. The Labute approximate surface area is 121 Å². The number of aryl methyl sites for hydroxylation is 1. The first kappa shape index (κ1) is 15.0. The first-order valence-corrected chi connectivity index (χ1v) is 7.46. The van der Waals surface area contributed by atoms with Gasteiger partial charge in [0.1, 0.15) is 5.75 Å². The van der Waals surface area contributed by atoms with E-state index in [1.807, 2.05) is 25.1 Å². The molecule has 20 heavy (non-hydrogen) atoms. The van der Waals surface area contributed by atoms with E-state index in [2.05, 4.69) is 17.1 Å². The summed E-state index contributed by atoms with van der Waals surface area (Å²) >= 11 is 0. The second-order valence-corrected chi connectivity index (χ2v) is 5.05. The Morgan fingerprint density at radius 2 is 2.05 bits per heavy atom. The van der Waals surface area contributed by atoms with E-state index in [0.29, 0.717) is 13.2 Å². The molecular formula is C16H24N2O2. The van der Waals surface area contributed by atoms with E-state index >= 15 is 0 Å². The van der Waals surface area contributed by atoms with Crippen LogP contribution in [-0.4, -0.2) is 50.0 Å². The van der Waals surface area contributed by atoms with Crippen molar-refractivity contribution in [1.29, 1.82) is 0 Å². The topological polar surface area (TPSA) is 41.6 Å². The van der Waals surface area contributed by atoms with Crippen molar-refractivity contribution in [2.75, 3.05) is 39.3 Å². The first-order chi connectivity index (χ1) is 9.74. The SMILES string of the molecule is CCOc1ccc(C(=O)CN2CCNCC2)c(CC)c1. The monoisotopic (exact) mass is 276 g/mol. The van der Waals surface area contributed by atoms with E-state index in [0.717, 1.165) is 49.5 Å². The van der Waals surface area contributed by atoms with Gasteiger partial charge in [0.05, 0.1) is 13.2 Å². The molecule has 1 aliphatic rings. The Morgan fingerprint density at radius 1 is 1.30 bits per heavy atom. The zero-order valence-electron chi connectivity index (χ0n) is 12.4. The molecule has 110 valence electrons. The fourth-order valence-electron chi connectivity index (χ4n) is 2.55. The molecule has 1 aliphatic heterocycles. The van der Waals surface area contributed by atoms with Crippen molar-refractivity contribution < 1.29 is 9.53 Å². The minimum atomic E-state index is 0.215. The first-order valence-electron chi connectivity index (χ1n) is 7.46. The molecule has 0 saturated carbocycles. The zero-order valence-corrected chi connectivity index (χ0v) is 12.4. The van der Waals surface area contributed by atoms with Crippen molar-refractivity contribution in [1.82, 2.24) is 10.2 Å². The van der Waals surface area contributed by atoms with Crippen LogP contribution >= 0.6 is 0 Å². The summed E-state index contributed by atoms with van der Waals surface area (Å²) in [7, 11) is 0. The van der Waals surface area contributed by atoms with E-state index in [1.165, 1.54) is 0 Å². The minimum Gasteiger partial charge on any atom is -0.494 e. The highest BCUT2D eigenvalue weighted by Crippen LogP contribution is 2.19. The lowest BCUT2D eigenvalue weighted by Crippen LogP contribution is -2.45. The summed E-state index contributed by atoms with van der Waals surface area (Å²) < 4.78 is 5.50. The summed E-state index contributed by atoms with van der Waals surface area (Å²) in [5.74, 6) is 1.06. The Morgan fingerprint density at radius 3 is 2.70 bits per heavy atom. The maximum atomic E-state index is 12.5. The Hall–Kier alpha value is -1.39. The number of hydrogen-bond acceptors (Lipinski definition) is 4. The number of nitrogens with zero attached hydrogens (tertiary/aromatic N) is 1. The van der Waals surface area contributed by atoms with E-state index in [9.17, 15) is 4.79 Å². The second kappa shape index (κ2) is 7.41. The molecule has 4 heteroatoms. The van der Waals surface area contributed by atoms with Crippen molar-refractivity contribution >= 4 is 5.78 Å². The molecule has 0 radical (unpaired) electrons. The van der Waals surface area contributed by atoms with Crippen molar-refractivity contribution in [3.05, 3.63) is 29.3 Å². The third-order valence-electron chi connectivity index (χ3n) is 3.65. The molecule has 1 heterocycles. The third kappa shape index (κ3) is 3.81. The van der Waals surface area contributed by atoms with E-state index in [-0.39, 0.29) is 5.78 Å². The normalized spacial score (nSPS) is 16.1. The van der Waals surface area contributed by atoms with Gasteiger partial charge in [-0.2, -0.15) is 0 Å². The van der Waals surface area contributed by atoms with Crippen LogP contribution in [0.4, 0.5) is 0 Å². The molecular weight excluding hydrogens is 252 g/mol. The van der Waals surface area contributed by atoms with Gasteiger partial charge >= 0.3 is 0 Å². The van der Waals surface area contributed by atoms with Crippen molar-refractivity contribution in [3.8, 4) is 5.75 Å². The lowest BCUT2D eigenvalue weighted by atomic mass is 10.0. The predicted molar refractivity (Wildman–Crippen MR) is 80.6 cm³/mol. The Balaban J connectivity index is 2.07.